The topological polar surface area (TPSA) is 53.0 Å². The third-order valence-corrected chi connectivity index (χ3v) is 14.1. The van der Waals surface area contributed by atoms with Crippen LogP contribution in [-0.2, 0) is 0 Å². The Kier molecular flexibility index (Phi) is 12.7. The van der Waals surface area contributed by atoms with Gasteiger partial charge in [0.15, 0.2) is 0 Å². The van der Waals surface area contributed by atoms with E-state index in [9.17, 15) is 0 Å². The Morgan fingerprint density at radius 3 is 2.32 bits per heavy atom. The van der Waals surface area contributed by atoms with Gasteiger partial charge in [-0.1, -0.05) is 140 Å². The van der Waals surface area contributed by atoms with Gasteiger partial charge in [-0.3, -0.25) is 10.6 Å². The SMILES string of the molecule is CNC(N[C@@H](NCC1=CCCC=C1)c1ccccc1)c1ccc(C2C=CC(NC3CC=C(c4ccc5c(c4)c4ccccc4n5C4CC=CCC4)CC3)=C(C3=CC=CCC3)C2)cc1. The van der Waals surface area contributed by atoms with Gasteiger partial charge < -0.3 is 15.2 Å². The fourth-order valence-corrected chi connectivity index (χ4v) is 10.7. The van der Waals surface area contributed by atoms with E-state index in [4.69, 9.17) is 0 Å². The first-order valence-electron chi connectivity index (χ1n) is 23.8. The highest BCUT2D eigenvalue weighted by Crippen LogP contribution is 2.40. The van der Waals surface area contributed by atoms with Gasteiger partial charge in [0.05, 0.1) is 12.3 Å². The van der Waals surface area contributed by atoms with Crippen LogP contribution in [0.2, 0.25) is 0 Å². The average molecular weight is 830 g/mol. The number of hydrogen-bond donors (Lipinski definition) is 4. The molecule has 0 aliphatic heterocycles. The lowest BCUT2D eigenvalue weighted by molar-refractivity contribution is 0.363. The summed E-state index contributed by atoms with van der Waals surface area (Å²) in [6.07, 6.45) is 38.1. The molecule has 5 aromatic rings. The molecule has 1 heterocycles. The Balaban J connectivity index is 0.830. The quantitative estimate of drug-likeness (QED) is 0.0665. The number of hydrogen-bond acceptors (Lipinski definition) is 4. The van der Waals surface area contributed by atoms with Gasteiger partial charge in [-0.25, -0.2) is 0 Å². The molecule has 0 amide bonds. The molecule has 0 saturated carbocycles. The van der Waals surface area contributed by atoms with Crippen LogP contribution in [0, 0.1) is 0 Å². The van der Waals surface area contributed by atoms with Crippen molar-refractivity contribution in [3.05, 3.63) is 209 Å². The van der Waals surface area contributed by atoms with Crippen LogP contribution in [0.25, 0.3) is 27.4 Å². The number of aromatic nitrogens is 1. The lowest BCUT2D eigenvalue weighted by atomic mass is 9.81. The van der Waals surface area contributed by atoms with Crippen molar-refractivity contribution in [2.24, 2.45) is 0 Å². The van der Waals surface area contributed by atoms with Crippen molar-refractivity contribution in [3.8, 4) is 0 Å². The van der Waals surface area contributed by atoms with Crippen LogP contribution in [0.15, 0.2) is 186 Å². The summed E-state index contributed by atoms with van der Waals surface area (Å²) in [6.45, 7) is 0.826. The molecule has 5 atom stereocenters. The minimum absolute atomic E-state index is 0.00367. The summed E-state index contributed by atoms with van der Waals surface area (Å²) in [7, 11) is 2.04. The predicted molar refractivity (Wildman–Crippen MR) is 265 cm³/mol. The Morgan fingerprint density at radius 2 is 1.54 bits per heavy atom. The van der Waals surface area contributed by atoms with E-state index < -0.39 is 0 Å². The summed E-state index contributed by atoms with van der Waals surface area (Å²) < 4.78 is 2.63. The van der Waals surface area contributed by atoms with Gasteiger partial charge in [0, 0.05) is 52.0 Å². The Hall–Kier alpha value is -5.72. The molecule has 4 aromatic carbocycles. The second kappa shape index (κ2) is 19.3. The molecule has 0 spiro atoms. The van der Waals surface area contributed by atoms with Crippen LogP contribution in [0.1, 0.15) is 117 Å². The normalized spacial score (nSPS) is 22.2. The largest absolute Gasteiger partial charge is 0.382 e. The minimum atomic E-state index is -0.0149. The van der Waals surface area contributed by atoms with Crippen molar-refractivity contribution < 1.29 is 0 Å². The van der Waals surface area contributed by atoms with E-state index >= 15 is 0 Å². The molecule has 5 aliphatic rings. The van der Waals surface area contributed by atoms with Crippen molar-refractivity contribution in [2.75, 3.05) is 13.6 Å². The van der Waals surface area contributed by atoms with Crippen molar-refractivity contribution in [1.29, 1.82) is 0 Å². The van der Waals surface area contributed by atoms with Crippen molar-refractivity contribution >= 4 is 27.4 Å². The zero-order valence-corrected chi connectivity index (χ0v) is 36.9. The number of nitrogens with zero attached hydrogens (tertiary/aromatic N) is 1. The molecule has 4 unspecified atom stereocenters. The van der Waals surface area contributed by atoms with Crippen molar-refractivity contribution in [3.63, 3.8) is 0 Å². The summed E-state index contributed by atoms with van der Waals surface area (Å²) in [5.74, 6) is 0.330. The number of fused-ring (bicyclic) bond motifs is 3. The number of allylic oxidation sites excluding steroid dienone is 12. The van der Waals surface area contributed by atoms with Gasteiger partial charge in [0.1, 0.15) is 0 Å². The lowest BCUT2D eigenvalue weighted by Crippen LogP contribution is -2.41. The van der Waals surface area contributed by atoms with Crippen LogP contribution in [0.5, 0.6) is 0 Å². The molecule has 0 bridgehead atoms. The fourth-order valence-electron chi connectivity index (χ4n) is 10.7. The maximum atomic E-state index is 4.08. The third-order valence-electron chi connectivity index (χ3n) is 14.1. The van der Waals surface area contributed by atoms with Gasteiger partial charge in [-0.15, -0.1) is 0 Å². The Bertz CT molecular complexity index is 2660. The van der Waals surface area contributed by atoms with Gasteiger partial charge >= 0.3 is 0 Å². The zero-order chi connectivity index (χ0) is 42.4. The molecule has 4 N–H and O–H groups in total. The molecule has 10 rings (SSSR count). The van der Waals surface area contributed by atoms with E-state index in [-0.39, 0.29) is 12.3 Å². The molecular weight excluding hydrogens is 767 g/mol. The monoisotopic (exact) mass is 830 g/mol. The zero-order valence-electron chi connectivity index (χ0n) is 36.9. The fraction of sp³-hybridized carbons (Fsp3) is 0.310. The van der Waals surface area contributed by atoms with E-state index in [1.165, 1.54) is 84.9 Å². The molecular formula is C58H63N5. The van der Waals surface area contributed by atoms with E-state index in [0.29, 0.717) is 18.0 Å². The van der Waals surface area contributed by atoms with Gasteiger partial charge in [0.25, 0.3) is 0 Å². The minimum Gasteiger partial charge on any atom is -0.382 e. The molecule has 63 heavy (non-hydrogen) atoms. The highest BCUT2D eigenvalue weighted by atomic mass is 15.2. The average Bonchev–Trinajstić information content (AvgIpc) is 3.69. The van der Waals surface area contributed by atoms with Crippen LogP contribution < -0.4 is 21.3 Å². The Labute approximate surface area is 374 Å². The smallest absolute Gasteiger partial charge is 0.0852 e. The molecule has 5 heteroatoms. The van der Waals surface area contributed by atoms with E-state index in [1.807, 2.05) is 7.05 Å². The maximum Gasteiger partial charge on any atom is 0.0852 e. The standard InChI is InChI=1S/C58H63N5/c1-59-57(62-58(45-20-10-4-11-21-45)60-40-41-16-6-2-7-17-41)46-28-26-42(27-29-46)47-32-36-54(52(38-47)44-18-8-3-9-19-44)61-49-34-30-43(31-35-49)48-33-37-56-53(39-48)51-24-14-15-25-55(51)63(56)50-22-12-5-13-23-50/h3-6,8,10-12,14-18,20-21,24-30,32-33,36-37,39,47,49-50,57-62H,2,7,9,13,19,22-23,31,34-35,38,40H2,1H3/t47?,49?,50?,57?,58-/m1/s1. The third kappa shape index (κ3) is 9.20. The first-order chi connectivity index (χ1) is 31.2. The number of para-hydroxylation sites is 1. The van der Waals surface area contributed by atoms with Crippen molar-refractivity contribution in [2.45, 2.75) is 101 Å². The lowest BCUT2D eigenvalue weighted by Gasteiger charge is -2.31. The van der Waals surface area contributed by atoms with Gasteiger partial charge in [0.2, 0.25) is 0 Å². The highest BCUT2D eigenvalue weighted by Gasteiger charge is 2.26. The molecule has 0 fully saturated rings. The van der Waals surface area contributed by atoms with Crippen molar-refractivity contribution in [1.82, 2.24) is 25.8 Å². The molecule has 5 aliphatic carbocycles. The molecule has 320 valence electrons. The number of nitrogens with one attached hydrogen (secondary N) is 4. The molecule has 0 radical (unpaired) electrons. The van der Waals surface area contributed by atoms with E-state index in [2.05, 4.69) is 190 Å². The second-order valence-electron chi connectivity index (χ2n) is 18.2. The highest BCUT2D eigenvalue weighted by molar-refractivity contribution is 6.09. The van der Waals surface area contributed by atoms with E-state index in [1.54, 1.807) is 0 Å². The Morgan fingerprint density at radius 1 is 0.683 bits per heavy atom. The molecule has 0 saturated heterocycles. The summed E-state index contributed by atoms with van der Waals surface area (Å²) in [6, 6.07) is 37.3. The summed E-state index contributed by atoms with van der Waals surface area (Å²) >= 11 is 0. The number of benzene rings is 4. The van der Waals surface area contributed by atoms with E-state index in [0.717, 1.165) is 64.3 Å². The number of rotatable bonds is 14. The second-order valence-corrected chi connectivity index (χ2v) is 18.2. The molecule has 5 nitrogen and oxygen atoms in total. The van der Waals surface area contributed by atoms with Crippen LogP contribution >= 0.6 is 0 Å². The van der Waals surface area contributed by atoms with Crippen LogP contribution in [0.3, 0.4) is 0 Å². The first-order valence-corrected chi connectivity index (χ1v) is 23.8. The first kappa shape index (κ1) is 41.3. The van der Waals surface area contributed by atoms with Gasteiger partial charge in [-0.2, -0.15) is 0 Å². The summed E-state index contributed by atoms with van der Waals surface area (Å²) in [5, 5.41) is 18.1. The predicted octanol–water partition coefficient (Wildman–Crippen LogP) is 13.2. The van der Waals surface area contributed by atoms with Gasteiger partial charge in [-0.05, 0) is 146 Å². The summed E-state index contributed by atoms with van der Waals surface area (Å²) in [5.41, 5.74) is 15.1. The maximum absolute atomic E-state index is 4.08. The van der Waals surface area contributed by atoms with Crippen LogP contribution in [0.4, 0.5) is 0 Å². The summed E-state index contributed by atoms with van der Waals surface area (Å²) in [4.78, 5) is 0. The van der Waals surface area contributed by atoms with Crippen LogP contribution in [-0.4, -0.2) is 24.2 Å². The molecule has 1 aromatic heterocycles.